The molecule has 2 rings (SSSR count). The number of thioether (sulfide) groups is 1. The fourth-order valence-corrected chi connectivity index (χ4v) is 4.44. The highest BCUT2D eigenvalue weighted by molar-refractivity contribution is 7.99. The van der Waals surface area contributed by atoms with Crippen LogP contribution in [0.2, 0.25) is 15.1 Å². The summed E-state index contributed by atoms with van der Waals surface area (Å²) in [6.45, 7) is 7.94. The van der Waals surface area contributed by atoms with Gasteiger partial charge in [0.15, 0.2) is 0 Å². The Hall–Kier alpha value is -1.40. The molecule has 1 atom stereocenters. The molecule has 1 N–H and O–H groups in total. The summed E-state index contributed by atoms with van der Waals surface area (Å²) in [6, 6.07) is 12.2. The second-order valence-electron chi connectivity index (χ2n) is 8.55. The first-order valence-corrected chi connectivity index (χ1v) is 12.7. The second kappa shape index (κ2) is 12.2. The van der Waals surface area contributed by atoms with Crippen molar-refractivity contribution in [3.63, 3.8) is 0 Å². The normalized spacial score (nSPS) is 12.3. The molecule has 0 spiro atoms. The molecule has 174 valence electrons. The van der Waals surface area contributed by atoms with Crippen molar-refractivity contribution in [1.82, 2.24) is 10.2 Å². The van der Waals surface area contributed by atoms with Crippen LogP contribution < -0.4 is 5.32 Å². The number of hydrogen-bond acceptors (Lipinski definition) is 3. The van der Waals surface area contributed by atoms with Gasteiger partial charge in [0.05, 0.1) is 15.8 Å². The van der Waals surface area contributed by atoms with Gasteiger partial charge in [0.1, 0.15) is 6.04 Å². The zero-order chi connectivity index (χ0) is 23.9. The molecule has 0 aliphatic carbocycles. The molecule has 0 radical (unpaired) electrons. The summed E-state index contributed by atoms with van der Waals surface area (Å²) in [5.41, 5.74) is 1.50. The predicted molar refractivity (Wildman–Crippen MR) is 137 cm³/mol. The fourth-order valence-electron chi connectivity index (χ4n) is 3.13. The van der Waals surface area contributed by atoms with E-state index in [9.17, 15) is 9.59 Å². The van der Waals surface area contributed by atoms with Crippen molar-refractivity contribution in [2.45, 2.75) is 58.0 Å². The van der Waals surface area contributed by atoms with Crippen LogP contribution >= 0.6 is 46.6 Å². The number of halogens is 3. The number of benzene rings is 2. The first-order valence-electron chi connectivity index (χ1n) is 10.4. The molecule has 0 aromatic heterocycles. The van der Waals surface area contributed by atoms with E-state index in [1.54, 1.807) is 17.0 Å². The van der Waals surface area contributed by atoms with Gasteiger partial charge in [-0.2, -0.15) is 0 Å². The van der Waals surface area contributed by atoms with Gasteiger partial charge in [0.25, 0.3) is 0 Å². The summed E-state index contributed by atoms with van der Waals surface area (Å²) in [5, 5.41) is 4.54. The minimum atomic E-state index is -0.590. The maximum absolute atomic E-state index is 13.3. The molecule has 0 aliphatic heterocycles. The Morgan fingerprint density at radius 3 is 2.19 bits per heavy atom. The van der Waals surface area contributed by atoms with Crippen LogP contribution in [-0.4, -0.2) is 34.0 Å². The zero-order valence-corrected chi connectivity index (χ0v) is 21.8. The Morgan fingerprint density at radius 2 is 1.62 bits per heavy atom. The van der Waals surface area contributed by atoms with Crippen LogP contribution in [0.1, 0.15) is 45.2 Å². The largest absolute Gasteiger partial charge is 0.350 e. The number of nitrogens with zero attached hydrogens (tertiary/aromatic N) is 1. The van der Waals surface area contributed by atoms with Gasteiger partial charge in [-0.1, -0.05) is 59.9 Å². The maximum Gasteiger partial charge on any atom is 0.243 e. The van der Waals surface area contributed by atoms with E-state index in [1.165, 1.54) is 11.8 Å². The molecule has 2 amide bonds. The summed E-state index contributed by atoms with van der Waals surface area (Å²) in [4.78, 5) is 27.9. The van der Waals surface area contributed by atoms with Crippen molar-refractivity contribution in [3.05, 3.63) is 68.7 Å². The average molecular weight is 516 g/mol. The highest BCUT2D eigenvalue weighted by atomic mass is 35.5. The number of carbonyl (C=O) groups is 2. The lowest BCUT2D eigenvalue weighted by Gasteiger charge is -2.33. The highest BCUT2D eigenvalue weighted by Gasteiger charge is 2.30. The third-order valence-electron chi connectivity index (χ3n) is 4.63. The standard InChI is InChI=1S/C24H29Cl3N2O2S/c1-5-21(23(31)28-24(2,3)4)29(13-17-8-11-19(26)20(27)12-17)22(30)15-32-14-16-6-9-18(25)10-7-16/h6-12,21H,5,13-15H2,1-4H3,(H,28,31)/t21-/m0/s1. The van der Waals surface area contributed by atoms with Crippen molar-refractivity contribution in [1.29, 1.82) is 0 Å². The zero-order valence-electron chi connectivity index (χ0n) is 18.8. The van der Waals surface area contributed by atoms with Crippen LogP contribution in [-0.2, 0) is 21.9 Å². The first-order chi connectivity index (χ1) is 15.0. The molecule has 8 heteroatoms. The Balaban J connectivity index is 2.18. The van der Waals surface area contributed by atoms with Gasteiger partial charge in [-0.15, -0.1) is 11.8 Å². The van der Waals surface area contributed by atoms with Crippen LogP contribution in [0.3, 0.4) is 0 Å². The molecule has 0 heterocycles. The molecular formula is C24H29Cl3N2O2S. The Bertz CT molecular complexity index is 930. The van der Waals surface area contributed by atoms with E-state index in [4.69, 9.17) is 34.8 Å². The Morgan fingerprint density at radius 1 is 1.00 bits per heavy atom. The molecule has 0 saturated heterocycles. The summed E-state index contributed by atoms with van der Waals surface area (Å²) in [6.07, 6.45) is 0.497. The number of carbonyl (C=O) groups excluding carboxylic acids is 2. The van der Waals surface area contributed by atoms with Crippen LogP contribution in [0, 0.1) is 0 Å². The molecule has 0 bridgehead atoms. The Labute approximate surface area is 210 Å². The van der Waals surface area contributed by atoms with Gasteiger partial charge in [-0.25, -0.2) is 0 Å². The molecule has 4 nitrogen and oxygen atoms in total. The van der Waals surface area contributed by atoms with Crippen LogP contribution in [0.5, 0.6) is 0 Å². The summed E-state index contributed by atoms with van der Waals surface area (Å²) >= 11 is 19.7. The van der Waals surface area contributed by atoms with Crippen molar-refractivity contribution >= 4 is 58.4 Å². The van der Waals surface area contributed by atoms with Crippen LogP contribution in [0.4, 0.5) is 0 Å². The quantitative estimate of drug-likeness (QED) is 0.409. The van der Waals surface area contributed by atoms with Gasteiger partial charge in [0.2, 0.25) is 11.8 Å². The lowest BCUT2D eigenvalue weighted by molar-refractivity contribution is -0.140. The number of nitrogens with one attached hydrogen (secondary N) is 1. The first kappa shape index (κ1) is 26.8. The van der Waals surface area contributed by atoms with Gasteiger partial charge < -0.3 is 10.2 Å². The minimum absolute atomic E-state index is 0.106. The SMILES string of the molecule is CC[C@@H](C(=O)NC(C)(C)C)N(Cc1ccc(Cl)c(Cl)c1)C(=O)CSCc1ccc(Cl)cc1. The van der Waals surface area contributed by atoms with Crippen LogP contribution in [0.15, 0.2) is 42.5 Å². The molecule has 0 fully saturated rings. The smallest absolute Gasteiger partial charge is 0.243 e. The van der Waals surface area contributed by atoms with E-state index >= 15 is 0 Å². The van der Waals surface area contributed by atoms with Crippen molar-refractivity contribution in [3.8, 4) is 0 Å². The van der Waals surface area contributed by atoms with E-state index in [-0.39, 0.29) is 24.1 Å². The molecule has 2 aromatic rings. The lowest BCUT2D eigenvalue weighted by Crippen LogP contribution is -2.53. The van der Waals surface area contributed by atoms with E-state index in [0.717, 1.165) is 11.1 Å². The molecule has 32 heavy (non-hydrogen) atoms. The summed E-state index contributed by atoms with van der Waals surface area (Å²) in [7, 11) is 0. The maximum atomic E-state index is 13.3. The monoisotopic (exact) mass is 514 g/mol. The fraction of sp³-hybridized carbons (Fsp3) is 0.417. The molecule has 0 aliphatic rings. The predicted octanol–water partition coefficient (Wildman–Crippen LogP) is 6.60. The second-order valence-corrected chi connectivity index (χ2v) is 10.8. The van der Waals surface area contributed by atoms with Gasteiger partial charge in [-0.3, -0.25) is 9.59 Å². The van der Waals surface area contributed by atoms with E-state index in [1.807, 2.05) is 58.0 Å². The summed E-state index contributed by atoms with van der Waals surface area (Å²) in [5.74, 6) is 0.652. The Kier molecular flexibility index (Phi) is 10.2. The number of rotatable bonds is 9. The van der Waals surface area contributed by atoms with Crippen molar-refractivity contribution in [2.24, 2.45) is 0 Å². The lowest BCUT2D eigenvalue weighted by atomic mass is 10.1. The molecular weight excluding hydrogens is 487 g/mol. The minimum Gasteiger partial charge on any atom is -0.350 e. The number of hydrogen-bond donors (Lipinski definition) is 1. The van der Waals surface area contributed by atoms with Crippen LogP contribution in [0.25, 0.3) is 0 Å². The molecule has 0 unspecified atom stereocenters. The van der Waals surface area contributed by atoms with Crippen molar-refractivity contribution < 1.29 is 9.59 Å². The van der Waals surface area contributed by atoms with Gasteiger partial charge in [0, 0.05) is 22.9 Å². The topological polar surface area (TPSA) is 49.4 Å². The van der Waals surface area contributed by atoms with E-state index in [2.05, 4.69) is 5.32 Å². The molecule has 2 aromatic carbocycles. The van der Waals surface area contributed by atoms with Gasteiger partial charge in [-0.05, 0) is 62.6 Å². The van der Waals surface area contributed by atoms with E-state index in [0.29, 0.717) is 27.2 Å². The van der Waals surface area contributed by atoms with Gasteiger partial charge >= 0.3 is 0 Å². The van der Waals surface area contributed by atoms with E-state index < -0.39 is 11.6 Å². The summed E-state index contributed by atoms with van der Waals surface area (Å²) < 4.78 is 0. The molecule has 0 saturated carbocycles. The third-order valence-corrected chi connectivity index (χ3v) is 6.61. The third kappa shape index (κ3) is 8.51. The van der Waals surface area contributed by atoms with Crippen molar-refractivity contribution in [2.75, 3.05) is 5.75 Å². The average Bonchev–Trinajstić information content (AvgIpc) is 2.70. The highest BCUT2D eigenvalue weighted by Crippen LogP contribution is 2.25. The number of amides is 2.